The Morgan fingerprint density at radius 2 is 1.68 bits per heavy atom. The summed E-state index contributed by atoms with van der Waals surface area (Å²) in [4.78, 5) is 60.0. The highest BCUT2D eigenvalue weighted by molar-refractivity contribution is 8.00. The van der Waals surface area contributed by atoms with Crippen LogP contribution in [0.2, 0.25) is 0 Å². The molecule has 2 aliphatic heterocycles. The summed E-state index contributed by atoms with van der Waals surface area (Å²) in [6, 6.07) is 18.0. The molecule has 1 saturated heterocycles. The van der Waals surface area contributed by atoms with Crippen molar-refractivity contribution in [3.8, 4) is 0 Å². The summed E-state index contributed by atoms with van der Waals surface area (Å²) >= 11 is 1.54. The largest absolute Gasteiger partial charge is 0.462 e. The molecule has 14 heteroatoms. The second-order valence-corrected chi connectivity index (χ2v) is 16.6. The van der Waals surface area contributed by atoms with Crippen LogP contribution in [0.25, 0.3) is 0 Å². The average molecular weight is 721 g/mol. The minimum atomic E-state index is -4.38. The molecule has 1 N–H and O–H groups in total. The zero-order valence-electron chi connectivity index (χ0n) is 28.8. The molecule has 3 amide bonds. The van der Waals surface area contributed by atoms with E-state index in [1.54, 1.807) is 48.5 Å². The maximum atomic E-state index is 14.5. The van der Waals surface area contributed by atoms with Gasteiger partial charge in [-0.2, -0.15) is 0 Å². The topological polar surface area (TPSA) is 152 Å². The van der Waals surface area contributed by atoms with Crippen molar-refractivity contribution in [2.45, 2.75) is 80.6 Å². The van der Waals surface area contributed by atoms with Crippen LogP contribution in [-0.4, -0.2) is 76.9 Å². The van der Waals surface area contributed by atoms with Gasteiger partial charge in [0.25, 0.3) is 21.8 Å². The lowest BCUT2D eigenvalue weighted by Crippen LogP contribution is -2.59. The van der Waals surface area contributed by atoms with Crippen molar-refractivity contribution in [1.29, 1.82) is 0 Å². The lowest BCUT2D eigenvalue weighted by atomic mass is 10.1. The molecule has 0 bridgehead atoms. The predicted octanol–water partition coefficient (Wildman–Crippen LogP) is 6.32. The molecule has 1 atom stereocenters. The molecule has 0 aromatic heterocycles. The van der Waals surface area contributed by atoms with E-state index in [1.807, 2.05) is 26.0 Å². The van der Waals surface area contributed by atoms with Gasteiger partial charge in [0.1, 0.15) is 4.90 Å². The Hall–Kier alpha value is -4.69. The number of amidine groups is 1. The number of carbonyl (C=O) groups excluding carboxylic acids is 4. The summed E-state index contributed by atoms with van der Waals surface area (Å²) in [5.74, 6) is -2.69. The first kappa shape index (κ1) is 36.6. The number of imide groups is 1. The van der Waals surface area contributed by atoms with Gasteiger partial charge in [-0.25, -0.2) is 27.9 Å². The van der Waals surface area contributed by atoms with E-state index in [4.69, 9.17) is 9.47 Å². The second kappa shape index (κ2) is 14.3. The number of cyclic esters (lactones) is 1. The van der Waals surface area contributed by atoms with Gasteiger partial charge in [0, 0.05) is 22.6 Å². The van der Waals surface area contributed by atoms with Crippen molar-refractivity contribution < 1.29 is 37.1 Å². The lowest BCUT2D eigenvalue weighted by Gasteiger charge is -2.35. The summed E-state index contributed by atoms with van der Waals surface area (Å²) in [5, 5.41) is 2.84. The number of esters is 1. The lowest BCUT2D eigenvalue weighted by molar-refractivity contribution is -0.137. The Balaban J connectivity index is 1.53. The van der Waals surface area contributed by atoms with Gasteiger partial charge in [0.05, 0.1) is 23.5 Å². The predicted molar refractivity (Wildman–Crippen MR) is 190 cm³/mol. The maximum Gasteiger partial charge on any atom is 0.418 e. The van der Waals surface area contributed by atoms with Gasteiger partial charge in [0.2, 0.25) is 0 Å². The number of amides is 3. The number of benzene rings is 3. The molecule has 0 saturated carbocycles. The number of para-hydroxylation sites is 2. The number of nitrogens with one attached hydrogen (secondary N) is 1. The standard InChI is InChI=1S/C36H40N4O8S2/c1-7-35(3,4)49-27-15-10-8-13-25(27)38-31(41)29(40-33(43)36(5,6)48-34(40)44)30-37-26-14-9-11-16-28(26)50(45,46)39(30)21-12-22-47-32(42)24-19-17-23(2)18-20-24/h8-11,13-20,29H,7,12,21-22H2,1-6H3,(H,38,41). The minimum Gasteiger partial charge on any atom is -0.462 e. The Bertz CT molecular complexity index is 1960. The molecule has 50 heavy (non-hydrogen) atoms. The van der Waals surface area contributed by atoms with E-state index in [2.05, 4.69) is 24.2 Å². The number of fused-ring (bicyclic) bond motifs is 1. The van der Waals surface area contributed by atoms with E-state index in [9.17, 15) is 27.6 Å². The summed E-state index contributed by atoms with van der Waals surface area (Å²) in [6.45, 7) is 10.4. The Morgan fingerprint density at radius 1 is 1.02 bits per heavy atom. The SMILES string of the molecule is CCC(C)(C)Sc1ccccc1NC(=O)C(C1=Nc2ccccc2S(=O)(=O)N1CCCOC(=O)c1ccc(C)cc1)N1C(=O)OC(C)(C)C1=O. The van der Waals surface area contributed by atoms with E-state index in [1.165, 1.54) is 37.7 Å². The molecule has 2 heterocycles. The Kier molecular flexibility index (Phi) is 10.4. The highest BCUT2D eigenvalue weighted by atomic mass is 32.2. The van der Waals surface area contributed by atoms with Crippen molar-refractivity contribution >= 4 is 62.9 Å². The van der Waals surface area contributed by atoms with Crippen molar-refractivity contribution in [1.82, 2.24) is 9.21 Å². The van der Waals surface area contributed by atoms with Crippen LogP contribution in [0.15, 0.2) is 87.6 Å². The number of aliphatic imine (C=N–C) groups is 1. The Morgan fingerprint density at radius 3 is 2.34 bits per heavy atom. The van der Waals surface area contributed by atoms with E-state index in [0.29, 0.717) is 16.2 Å². The van der Waals surface area contributed by atoms with E-state index < -0.39 is 45.5 Å². The molecule has 3 aromatic carbocycles. The van der Waals surface area contributed by atoms with Crippen LogP contribution < -0.4 is 5.32 Å². The fourth-order valence-corrected chi connectivity index (χ4v) is 7.99. The molecule has 264 valence electrons. The van der Waals surface area contributed by atoms with Crippen molar-refractivity contribution in [2.75, 3.05) is 18.5 Å². The second-order valence-electron chi connectivity index (χ2n) is 13.0. The normalized spacial score (nSPS) is 17.0. The van der Waals surface area contributed by atoms with Gasteiger partial charge in [0.15, 0.2) is 17.5 Å². The average Bonchev–Trinajstić information content (AvgIpc) is 3.26. The van der Waals surface area contributed by atoms with Crippen LogP contribution in [-0.2, 0) is 29.1 Å². The van der Waals surface area contributed by atoms with Gasteiger partial charge >= 0.3 is 12.1 Å². The quantitative estimate of drug-likeness (QED) is 0.129. The van der Waals surface area contributed by atoms with Gasteiger partial charge in [-0.15, -0.1) is 11.8 Å². The zero-order valence-corrected chi connectivity index (χ0v) is 30.4. The molecule has 0 spiro atoms. The summed E-state index contributed by atoms with van der Waals surface area (Å²) in [6.07, 6.45) is -0.294. The number of rotatable bonds is 12. The van der Waals surface area contributed by atoms with Gasteiger partial charge in [-0.05, 0) is 63.6 Å². The fraction of sp³-hybridized carbons (Fsp3) is 0.361. The summed E-state index contributed by atoms with van der Waals surface area (Å²) in [5.41, 5.74) is 0.113. The van der Waals surface area contributed by atoms with E-state index >= 15 is 0 Å². The van der Waals surface area contributed by atoms with Gasteiger partial charge in [-0.3, -0.25) is 13.9 Å². The van der Waals surface area contributed by atoms with Crippen LogP contribution >= 0.6 is 11.8 Å². The van der Waals surface area contributed by atoms with Crippen LogP contribution in [0.1, 0.15) is 63.4 Å². The molecular weight excluding hydrogens is 681 g/mol. The number of ether oxygens (including phenoxy) is 2. The van der Waals surface area contributed by atoms with Crippen molar-refractivity contribution in [2.24, 2.45) is 4.99 Å². The first-order valence-electron chi connectivity index (χ1n) is 16.2. The molecule has 12 nitrogen and oxygen atoms in total. The number of carbonyl (C=O) groups is 4. The van der Waals surface area contributed by atoms with Crippen LogP contribution in [0, 0.1) is 6.92 Å². The van der Waals surface area contributed by atoms with Crippen LogP contribution in [0.5, 0.6) is 0 Å². The molecule has 2 aliphatic rings. The third kappa shape index (κ3) is 7.55. The number of hydrogen-bond donors (Lipinski definition) is 1. The number of anilines is 1. The van der Waals surface area contributed by atoms with Crippen molar-refractivity contribution in [3.63, 3.8) is 0 Å². The molecule has 3 aromatic rings. The molecule has 0 radical (unpaired) electrons. The first-order valence-corrected chi connectivity index (χ1v) is 18.4. The molecule has 1 fully saturated rings. The molecule has 0 aliphatic carbocycles. The third-order valence-electron chi connectivity index (χ3n) is 8.36. The minimum absolute atomic E-state index is 0.00180. The van der Waals surface area contributed by atoms with Crippen LogP contribution in [0.4, 0.5) is 16.2 Å². The number of sulfonamides is 1. The van der Waals surface area contributed by atoms with Gasteiger partial charge in [-0.1, -0.05) is 62.7 Å². The molecular formula is C36H40N4O8S2. The van der Waals surface area contributed by atoms with Crippen LogP contribution in [0.3, 0.4) is 0 Å². The van der Waals surface area contributed by atoms with Gasteiger partial charge < -0.3 is 14.8 Å². The smallest absolute Gasteiger partial charge is 0.418 e. The highest BCUT2D eigenvalue weighted by Gasteiger charge is 2.55. The van der Waals surface area contributed by atoms with E-state index in [0.717, 1.165) is 21.2 Å². The zero-order chi connectivity index (χ0) is 36.4. The van der Waals surface area contributed by atoms with E-state index in [-0.39, 0.29) is 40.7 Å². The Labute approximate surface area is 296 Å². The first-order chi connectivity index (χ1) is 23.6. The number of thioether (sulfide) groups is 1. The third-order valence-corrected chi connectivity index (χ3v) is 11.6. The maximum absolute atomic E-state index is 14.5. The summed E-state index contributed by atoms with van der Waals surface area (Å²) < 4.78 is 39.9. The number of aryl methyl sites for hydroxylation is 1. The number of nitrogens with zero attached hydrogens (tertiary/aromatic N) is 3. The molecule has 5 rings (SSSR count). The number of hydrogen-bond acceptors (Lipinski definition) is 10. The molecule has 1 unspecified atom stereocenters. The van der Waals surface area contributed by atoms with Crippen molar-refractivity contribution in [3.05, 3.63) is 83.9 Å². The fourth-order valence-electron chi connectivity index (χ4n) is 5.25. The summed E-state index contributed by atoms with van der Waals surface area (Å²) in [7, 11) is -4.38. The highest BCUT2D eigenvalue weighted by Crippen LogP contribution is 2.40. The monoisotopic (exact) mass is 720 g/mol.